The molecule has 19 nitrogen and oxygen atoms in total. The third kappa shape index (κ3) is 5.67. The van der Waals surface area contributed by atoms with E-state index < -0.39 is 60.0 Å². The molecule has 1 aliphatic rings. The van der Waals surface area contributed by atoms with E-state index in [0.717, 1.165) is 10.9 Å². The number of phosphoric acid groups is 1. The minimum absolute atomic E-state index is 0.100. The number of hydrogen-bond donors (Lipinski definition) is 9. The van der Waals surface area contributed by atoms with Crippen molar-refractivity contribution in [2.75, 3.05) is 12.3 Å². The fraction of sp³-hybridized carbons (Fsp3) is 0.500. The molecule has 5 atom stereocenters. The molecule has 0 saturated carbocycles. The van der Waals surface area contributed by atoms with E-state index in [1.54, 1.807) is 0 Å². The van der Waals surface area contributed by atoms with Crippen molar-refractivity contribution in [1.29, 1.82) is 0 Å². The predicted octanol–water partition coefficient (Wildman–Crippen LogP) is -2.52. The number of nitrogen functional groups attached to an aromatic ring is 1. The van der Waals surface area contributed by atoms with Gasteiger partial charge in [-0.25, -0.2) is 18.4 Å². The molecular formula is C10H17N6O13P3. The van der Waals surface area contributed by atoms with Crippen molar-refractivity contribution in [1.82, 2.24) is 19.5 Å². The topological polar surface area (TPSA) is 305 Å². The van der Waals surface area contributed by atoms with Crippen LogP contribution >= 0.6 is 23.3 Å². The van der Waals surface area contributed by atoms with Gasteiger partial charge in [-0.05, 0) is 0 Å². The minimum Gasteiger partial charge on any atom is -0.387 e. The second kappa shape index (κ2) is 8.66. The lowest BCUT2D eigenvalue weighted by atomic mass is 10.1. The van der Waals surface area contributed by atoms with Gasteiger partial charge in [0.15, 0.2) is 17.4 Å². The highest BCUT2D eigenvalue weighted by Gasteiger charge is 2.45. The van der Waals surface area contributed by atoms with Gasteiger partial charge < -0.3 is 45.2 Å². The van der Waals surface area contributed by atoms with Gasteiger partial charge in [-0.3, -0.25) is 18.9 Å². The van der Waals surface area contributed by atoms with Gasteiger partial charge in [0.2, 0.25) is 5.95 Å². The molecule has 10 N–H and O–H groups in total. The Bertz CT molecular complexity index is 1220. The molecule has 2 aromatic rings. The summed E-state index contributed by atoms with van der Waals surface area (Å²) in [5.41, 5.74) is 4.54. The van der Waals surface area contributed by atoms with E-state index in [0.29, 0.717) is 0 Å². The number of imidazole rings is 1. The van der Waals surface area contributed by atoms with Crippen molar-refractivity contribution in [2.45, 2.75) is 24.5 Å². The van der Waals surface area contributed by atoms with Crippen LogP contribution in [0, 0.1) is 0 Å². The Balaban J connectivity index is 1.77. The molecule has 3 rings (SSSR count). The van der Waals surface area contributed by atoms with E-state index in [2.05, 4.69) is 28.3 Å². The van der Waals surface area contributed by atoms with Gasteiger partial charge in [-0.2, -0.15) is 4.98 Å². The maximum atomic E-state index is 11.9. The maximum absolute atomic E-state index is 11.9. The zero-order chi connectivity index (χ0) is 24.1. The van der Waals surface area contributed by atoms with Crippen LogP contribution < -0.4 is 11.3 Å². The number of aliphatic hydroxyl groups is 2. The lowest BCUT2D eigenvalue weighted by Crippen LogP contribution is -2.33. The first-order chi connectivity index (χ1) is 14.6. The molecule has 180 valence electrons. The summed E-state index contributed by atoms with van der Waals surface area (Å²) in [5.74, 6) is -0.266. The summed E-state index contributed by atoms with van der Waals surface area (Å²) in [5, 5.41) is 20.4. The number of fused-ring (bicyclic) bond motifs is 1. The first-order valence-electron chi connectivity index (χ1n) is 8.16. The van der Waals surface area contributed by atoms with E-state index >= 15 is 0 Å². The first kappa shape index (κ1) is 25.1. The third-order valence-electron chi connectivity index (χ3n) is 3.91. The number of aromatic nitrogens is 4. The quantitative estimate of drug-likeness (QED) is 0.169. The average molecular weight is 522 g/mol. The molecule has 22 heteroatoms. The van der Waals surface area contributed by atoms with Crippen LogP contribution in [-0.4, -0.2) is 79.1 Å². The second-order valence-corrected chi connectivity index (χ2v) is 10.9. The van der Waals surface area contributed by atoms with Gasteiger partial charge in [0, 0.05) is 0 Å². The van der Waals surface area contributed by atoms with Crippen molar-refractivity contribution in [3.05, 3.63) is 16.7 Å². The Morgan fingerprint density at radius 3 is 2.50 bits per heavy atom. The number of rotatable bonds is 7. The number of anilines is 1. The second-order valence-electron chi connectivity index (χ2n) is 6.28. The summed E-state index contributed by atoms with van der Waals surface area (Å²) >= 11 is 0. The fourth-order valence-corrected chi connectivity index (χ4v) is 6.02. The van der Waals surface area contributed by atoms with E-state index in [1.807, 2.05) is 0 Å². The fourth-order valence-electron chi connectivity index (χ4n) is 2.73. The zero-order valence-corrected chi connectivity index (χ0v) is 18.1. The molecule has 1 fully saturated rings. The number of nitrogens with two attached hydrogens (primary N) is 1. The SMILES string of the molecule is Nc1nc2c(ncn2[C@@H]2O[C@H](COP(=O)(O)N=P(O)(O)OP(=O)(O)O)[C@@H](O)[C@H]2O)c(=O)[nH]1. The molecule has 1 unspecified atom stereocenters. The summed E-state index contributed by atoms with van der Waals surface area (Å²) in [4.78, 5) is 67.0. The Hall–Kier alpha value is -1.56. The van der Waals surface area contributed by atoms with Crippen LogP contribution in [0.2, 0.25) is 0 Å². The van der Waals surface area contributed by atoms with Crippen LogP contribution in [0.5, 0.6) is 0 Å². The highest BCUT2D eigenvalue weighted by molar-refractivity contribution is 7.67. The van der Waals surface area contributed by atoms with Crippen LogP contribution in [0.4, 0.5) is 5.95 Å². The van der Waals surface area contributed by atoms with Crippen molar-refractivity contribution in [3.63, 3.8) is 0 Å². The molecule has 0 aromatic carbocycles. The molecule has 0 aliphatic carbocycles. The lowest BCUT2D eigenvalue weighted by molar-refractivity contribution is -0.0484. The first-order valence-corrected chi connectivity index (χ1v) is 12.8. The van der Waals surface area contributed by atoms with Crippen molar-refractivity contribution >= 4 is 40.4 Å². The molecule has 1 saturated heterocycles. The highest BCUT2D eigenvalue weighted by atomic mass is 31.3. The number of H-pyrrole nitrogens is 1. The summed E-state index contributed by atoms with van der Waals surface area (Å²) < 4.78 is 39.5. The monoisotopic (exact) mass is 522 g/mol. The minimum atomic E-state index is -5.47. The number of nitrogens with one attached hydrogen (secondary N) is 1. The van der Waals surface area contributed by atoms with E-state index in [1.165, 1.54) is 0 Å². The van der Waals surface area contributed by atoms with Gasteiger partial charge in [0.05, 0.1) is 12.9 Å². The molecule has 0 bridgehead atoms. The molecule has 0 spiro atoms. The summed E-state index contributed by atoms with van der Waals surface area (Å²) in [6.45, 7) is -0.954. The highest BCUT2D eigenvalue weighted by Crippen LogP contribution is 2.63. The van der Waals surface area contributed by atoms with Crippen LogP contribution in [0.25, 0.3) is 11.2 Å². The number of aromatic amines is 1. The maximum Gasteiger partial charge on any atom is 0.477 e. The van der Waals surface area contributed by atoms with Crippen LogP contribution in [-0.2, 0) is 22.7 Å². The molecule has 2 aromatic heterocycles. The zero-order valence-electron chi connectivity index (χ0n) is 15.4. The van der Waals surface area contributed by atoms with E-state index in [9.17, 15) is 38.8 Å². The van der Waals surface area contributed by atoms with Gasteiger partial charge in [-0.15, -0.1) is 4.52 Å². The molecule has 0 radical (unpaired) electrons. The van der Waals surface area contributed by atoms with Gasteiger partial charge >= 0.3 is 23.3 Å². The Morgan fingerprint density at radius 2 is 1.88 bits per heavy atom. The molecule has 32 heavy (non-hydrogen) atoms. The van der Waals surface area contributed by atoms with Crippen LogP contribution in [0.3, 0.4) is 0 Å². The lowest BCUT2D eigenvalue weighted by Gasteiger charge is -2.17. The van der Waals surface area contributed by atoms with Crippen LogP contribution in [0.1, 0.15) is 6.23 Å². The molecule has 3 heterocycles. The molecule has 0 amide bonds. The standard InChI is InChI=1S/C10H17N6O13P3/c11-10-13-7-4(8(19)14-10)12-2-16(7)9-6(18)5(17)3(28-9)1-27-30(20,21)15-31(22,23)29-32(24,25)26/h2-3,5-6,9,17-18,22-23H,1H2,(H,20,21)(H2,24,25,26)(H3,11,13,14,19)/t3-,5-,6-,9-/m1/s1. The van der Waals surface area contributed by atoms with Gasteiger partial charge in [0.1, 0.15) is 18.3 Å². The van der Waals surface area contributed by atoms with Gasteiger partial charge in [0.25, 0.3) is 5.56 Å². The molecular weight excluding hydrogens is 505 g/mol. The van der Waals surface area contributed by atoms with Crippen molar-refractivity contribution in [2.24, 2.45) is 4.52 Å². The van der Waals surface area contributed by atoms with Gasteiger partial charge in [-0.1, -0.05) is 0 Å². The Morgan fingerprint density at radius 1 is 1.22 bits per heavy atom. The summed E-state index contributed by atoms with van der Waals surface area (Å²) in [6, 6.07) is 0. The summed E-state index contributed by atoms with van der Waals surface area (Å²) in [6.07, 6.45) is -5.20. The van der Waals surface area contributed by atoms with E-state index in [4.69, 9.17) is 20.3 Å². The smallest absolute Gasteiger partial charge is 0.387 e. The normalized spacial score (nSPS) is 26.3. The number of aliphatic hydroxyl groups excluding tert-OH is 2. The predicted molar refractivity (Wildman–Crippen MR) is 101 cm³/mol. The average Bonchev–Trinajstić information content (AvgIpc) is 3.12. The van der Waals surface area contributed by atoms with Crippen molar-refractivity contribution in [3.8, 4) is 0 Å². The van der Waals surface area contributed by atoms with Crippen LogP contribution in [0.15, 0.2) is 15.6 Å². The third-order valence-corrected chi connectivity index (χ3v) is 7.96. The van der Waals surface area contributed by atoms with E-state index in [-0.39, 0.29) is 17.1 Å². The number of hydrogen-bond acceptors (Lipinski definition) is 11. The van der Waals surface area contributed by atoms with Crippen molar-refractivity contribution < 1.29 is 57.4 Å². The molecule has 1 aliphatic heterocycles. The Labute approximate surface area is 176 Å². The number of ether oxygens (including phenoxy) is 1. The number of nitrogens with zero attached hydrogens (tertiary/aromatic N) is 4. The largest absolute Gasteiger partial charge is 0.477 e. The Kier molecular flexibility index (Phi) is 6.78. The summed E-state index contributed by atoms with van der Waals surface area (Å²) in [7, 11) is -16.1.